The summed E-state index contributed by atoms with van der Waals surface area (Å²) in [7, 11) is 0. The molecule has 2 unspecified atom stereocenters. The molecule has 2 rings (SSSR count). The molecule has 0 radical (unpaired) electrons. The Morgan fingerprint density at radius 1 is 1.42 bits per heavy atom. The van der Waals surface area contributed by atoms with Crippen LogP contribution in [0.25, 0.3) is 0 Å². The molecule has 1 aliphatic carbocycles. The van der Waals surface area contributed by atoms with Gasteiger partial charge in [0, 0.05) is 17.3 Å². The van der Waals surface area contributed by atoms with Gasteiger partial charge in [-0.15, -0.1) is 0 Å². The number of nitrogens with one attached hydrogen (secondary N) is 2. The molecule has 2 atom stereocenters. The zero-order valence-corrected chi connectivity index (χ0v) is 12.9. The van der Waals surface area contributed by atoms with Crippen LogP contribution in [-0.4, -0.2) is 49.3 Å². The summed E-state index contributed by atoms with van der Waals surface area (Å²) in [6.45, 7) is 5.11. The third kappa shape index (κ3) is 3.64. The van der Waals surface area contributed by atoms with Crippen LogP contribution in [0.4, 0.5) is 0 Å². The standard InChI is InChI=1S/C14H26N2O2S/c1-3-7-15-12-9-18-8-11(12)13(17)16-10-14(19-2)5-4-6-14/h11-12,15H,3-10H2,1-2H3,(H,16,17). The number of thioether (sulfide) groups is 1. The second-order valence-corrected chi connectivity index (χ2v) is 6.94. The SMILES string of the molecule is CCCNC1COCC1C(=O)NCC1(SC)CCC1. The van der Waals surface area contributed by atoms with Crippen LogP contribution in [0.15, 0.2) is 0 Å². The van der Waals surface area contributed by atoms with E-state index >= 15 is 0 Å². The highest BCUT2D eigenvalue weighted by atomic mass is 32.2. The van der Waals surface area contributed by atoms with Gasteiger partial charge in [0.2, 0.25) is 5.91 Å². The normalized spacial score (nSPS) is 28.9. The number of rotatable bonds is 7. The Hall–Kier alpha value is -0.260. The third-order valence-corrected chi connectivity index (χ3v) is 5.78. The van der Waals surface area contributed by atoms with E-state index in [0.717, 1.165) is 19.5 Å². The molecule has 19 heavy (non-hydrogen) atoms. The van der Waals surface area contributed by atoms with E-state index in [1.54, 1.807) is 0 Å². The van der Waals surface area contributed by atoms with E-state index in [0.29, 0.717) is 18.0 Å². The number of amides is 1. The molecule has 1 heterocycles. The molecule has 0 aromatic heterocycles. The van der Waals surface area contributed by atoms with Crippen LogP contribution in [0.5, 0.6) is 0 Å². The summed E-state index contributed by atoms with van der Waals surface area (Å²) < 4.78 is 5.76. The lowest BCUT2D eigenvalue weighted by atomic mass is 9.84. The highest BCUT2D eigenvalue weighted by Gasteiger charge is 2.38. The van der Waals surface area contributed by atoms with Gasteiger partial charge in [-0.05, 0) is 32.1 Å². The van der Waals surface area contributed by atoms with Gasteiger partial charge in [-0.2, -0.15) is 11.8 Å². The Bertz CT molecular complexity index is 302. The number of hydrogen-bond acceptors (Lipinski definition) is 4. The first-order valence-electron chi connectivity index (χ1n) is 7.35. The molecule has 2 N–H and O–H groups in total. The molecule has 5 heteroatoms. The van der Waals surface area contributed by atoms with Gasteiger partial charge in [0.15, 0.2) is 0 Å². The maximum absolute atomic E-state index is 12.3. The quantitative estimate of drug-likeness (QED) is 0.743. The van der Waals surface area contributed by atoms with Crippen LogP contribution in [0.3, 0.4) is 0 Å². The molecule has 2 aliphatic rings. The predicted molar refractivity (Wildman–Crippen MR) is 79.5 cm³/mol. The molecule has 110 valence electrons. The average molecular weight is 286 g/mol. The summed E-state index contributed by atoms with van der Waals surface area (Å²) in [5.74, 6) is 0.136. The molecular formula is C14H26N2O2S. The average Bonchev–Trinajstić information content (AvgIpc) is 2.83. The maximum atomic E-state index is 12.3. The van der Waals surface area contributed by atoms with Crippen LogP contribution < -0.4 is 10.6 Å². The predicted octanol–water partition coefficient (Wildman–Crippen LogP) is 1.40. The van der Waals surface area contributed by atoms with Crippen molar-refractivity contribution in [3.63, 3.8) is 0 Å². The van der Waals surface area contributed by atoms with Crippen LogP contribution >= 0.6 is 11.8 Å². The minimum atomic E-state index is -0.0227. The highest BCUT2D eigenvalue weighted by Crippen LogP contribution is 2.42. The van der Waals surface area contributed by atoms with Crippen molar-refractivity contribution in [3.8, 4) is 0 Å². The Kier molecular flexibility index (Phi) is 5.54. The number of carbonyl (C=O) groups excluding carboxylic acids is 1. The van der Waals surface area contributed by atoms with E-state index in [1.807, 2.05) is 11.8 Å². The van der Waals surface area contributed by atoms with Crippen LogP contribution in [0.2, 0.25) is 0 Å². The molecule has 0 aromatic carbocycles. The second kappa shape index (κ2) is 6.95. The molecule has 2 fully saturated rings. The van der Waals surface area contributed by atoms with Crippen molar-refractivity contribution < 1.29 is 9.53 Å². The van der Waals surface area contributed by atoms with Crippen molar-refractivity contribution in [2.45, 2.75) is 43.4 Å². The zero-order chi connectivity index (χ0) is 13.7. The Balaban J connectivity index is 1.78. The van der Waals surface area contributed by atoms with Crippen LogP contribution in [-0.2, 0) is 9.53 Å². The minimum Gasteiger partial charge on any atom is -0.379 e. The Morgan fingerprint density at radius 2 is 2.21 bits per heavy atom. The first-order valence-corrected chi connectivity index (χ1v) is 8.57. The number of ether oxygens (including phenoxy) is 1. The Morgan fingerprint density at radius 3 is 2.79 bits per heavy atom. The summed E-state index contributed by atoms with van der Waals surface area (Å²) >= 11 is 1.90. The maximum Gasteiger partial charge on any atom is 0.227 e. The molecule has 0 bridgehead atoms. The van der Waals surface area contributed by atoms with Gasteiger partial charge < -0.3 is 15.4 Å². The smallest absolute Gasteiger partial charge is 0.227 e. The molecule has 1 amide bonds. The summed E-state index contributed by atoms with van der Waals surface area (Å²) in [5.41, 5.74) is 0. The topological polar surface area (TPSA) is 50.4 Å². The van der Waals surface area contributed by atoms with Gasteiger partial charge in [0.25, 0.3) is 0 Å². The summed E-state index contributed by atoms with van der Waals surface area (Å²) in [6, 6.07) is 0.187. The van der Waals surface area contributed by atoms with Gasteiger partial charge in [-0.1, -0.05) is 13.3 Å². The lowest BCUT2D eigenvalue weighted by Gasteiger charge is -2.40. The van der Waals surface area contributed by atoms with Gasteiger partial charge in [-0.25, -0.2) is 0 Å². The monoisotopic (exact) mass is 286 g/mol. The van der Waals surface area contributed by atoms with Crippen molar-refractivity contribution in [1.82, 2.24) is 10.6 Å². The lowest BCUT2D eigenvalue weighted by molar-refractivity contribution is -0.125. The fourth-order valence-electron chi connectivity index (χ4n) is 2.75. The van der Waals surface area contributed by atoms with Crippen molar-refractivity contribution in [3.05, 3.63) is 0 Å². The molecule has 0 aromatic rings. The van der Waals surface area contributed by atoms with Gasteiger partial charge in [0.05, 0.1) is 19.1 Å². The van der Waals surface area contributed by atoms with E-state index < -0.39 is 0 Å². The minimum absolute atomic E-state index is 0.0227. The van der Waals surface area contributed by atoms with E-state index in [9.17, 15) is 4.79 Å². The van der Waals surface area contributed by atoms with E-state index in [4.69, 9.17) is 4.74 Å². The molecular weight excluding hydrogens is 260 g/mol. The summed E-state index contributed by atoms with van der Waals surface area (Å²) in [6.07, 6.45) is 6.99. The molecule has 1 saturated heterocycles. The van der Waals surface area contributed by atoms with Crippen molar-refractivity contribution >= 4 is 17.7 Å². The van der Waals surface area contributed by atoms with Gasteiger partial charge in [0.1, 0.15) is 0 Å². The molecule has 1 aliphatic heterocycles. The summed E-state index contributed by atoms with van der Waals surface area (Å²) in [5, 5.41) is 6.56. The van der Waals surface area contributed by atoms with Crippen LogP contribution in [0, 0.1) is 5.92 Å². The summed E-state index contributed by atoms with van der Waals surface area (Å²) in [4.78, 5) is 12.3. The number of carbonyl (C=O) groups is 1. The molecule has 4 nitrogen and oxygen atoms in total. The second-order valence-electron chi connectivity index (χ2n) is 5.66. The van der Waals surface area contributed by atoms with Gasteiger partial charge in [-0.3, -0.25) is 4.79 Å². The van der Waals surface area contributed by atoms with E-state index in [-0.39, 0.29) is 17.9 Å². The zero-order valence-electron chi connectivity index (χ0n) is 12.0. The Labute approximate surface area is 120 Å². The highest BCUT2D eigenvalue weighted by molar-refractivity contribution is 8.00. The first kappa shape index (κ1) is 15.1. The molecule has 1 saturated carbocycles. The fourth-order valence-corrected chi connectivity index (χ4v) is 3.66. The third-order valence-electron chi connectivity index (χ3n) is 4.36. The number of hydrogen-bond donors (Lipinski definition) is 2. The van der Waals surface area contributed by atoms with Crippen LogP contribution in [0.1, 0.15) is 32.6 Å². The van der Waals surface area contributed by atoms with Crippen molar-refractivity contribution in [2.75, 3.05) is 32.6 Å². The van der Waals surface area contributed by atoms with E-state index in [1.165, 1.54) is 19.3 Å². The fraction of sp³-hybridized carbons (Fsp3) is 0.929. The lowest BCUT2D eigenvalue weighted by Crippen LogP contribution is -2.50. The van der Waals surface area contributed by atoms with Crippen molar-refractivity contribution in [2.24, 2.45) is 5.92 Å². The largest absolute Gasteiger partial charge is 0.379 e. The first-order chi connectivity index (χ1) is 9.21. The molecule has 0 spiro atoms. The van der Waals surface area contributed by atoms with Crippen molar-refractivity contribution in [1.29, 1.82) is 0 Å². The van der Waals surface area contributed by atoms with E-state index in [2.05, 4.69) is 23.8 Å². The van der Waals surface area contributed by atoms with Gasteiger partial charge >= 0.3 is 0 Å².